The van der Waals surface area contributed by atoms with Crippen LogP contribution in [0.15, 0.2) is 54.9 Å². The molecule has 0 saturated carbocycles. The molecule has 0 aliphatic carbocycles. The molecule has 4 nitrogen and oxygen atoms in total. The van der Waals surface area contributed by atoms with E-state index in [2.05, 4.69) is 31.2 Å². The van der Waals surface area contributed by atoms with E-state index < -0.39 is 0 Å². The van der Waals surface area contributed by atoms with Crippen molar-refractivity contribution in [3.05, 3.63) is 66.0 Å². The third kappa shape index (κ3) is 3.08. The summed E-state index contributed by atoms with van der Waals surface area (Å²) in [6.07, 6.45) is 3.28. The van der Waals surface area contributed by atoms with E-state index in [4.69, 9.17) is 0 Å². The van der Waals surface area contributed by atoms with Gasteiger partial charge in [-0.3, -0.25) is 14.8 Å². The third-order valence-electron chi connectivity index (χ3n) is 3.10. The fourth-order valence-corrected chi connectivity index (χ4v) is 2.36. The summed E-state index contributed by atoms with van der Waals surface area (Å²) < 4.78 is 0. The van der Waals surface area contributed by atoms with Gasteiger partial charge in [0.05, 0.1) is 11.0 Å². The van der Waals surface area contributed by atoms with E-state index in [1.807, 2.05) is 42.5 Å². The SMILES string of the molecule is O=C(Nc1ccc2nccnc2c1)c1ccc(CBr)cc1. The Hall–Kier alpha value is -2.27. The lowest BCUT2D eigenvalue weighted by molar-refractivity contribution is 0.102. The number of carbonyl (C=O) groups excluding carboxylic acids is 1. The minimum Gasteiger partial charge on any atom is -0.322 e. The molecule has 0 spiro atoms. The van der Waals surface area contributed by atoms with Crippen LogP contribution < -0.4 is 5.32 Å². The number of alkyl halides is 1. The summed E-state index contributed by atoms with van der Waals surface area (Å²) in [5.74, 6) is -0.139. The number of nitrogens with zero attached hydrogens (tertiary/aromatic N) is 2. The quantitative estimate of drug-likeness (QED) is 0.737. The van der Waals surface area contributed by atoms with Crippen molar-refractivity contribution in [2.75, 3.05) is 5.32 Å². The van der Waals surface area contributed by atoms with Crippen LogP contribution in [0.4, 0.5) is 5.69 Å². The van der Waals surface area contributed by atoms with Gasteiger partial charge in [-0.25, -0.2) is 0 Å². The zero-order chi connectivity index (χ0) is 14.7. The van der Waals surface area contributed by atoms with E-state index in [1.54, 1.807) is 12.4 Å². The van der Waals surface area contributed by atoms with Crippen LogP contribution in [0.25, 0.3) is 11.0 Å². The Balaban J connectivity index is 1.81. The average Bonchev–Trinajstić information content (AvgIpc) is 2.55. The Morgan fingerprint density at radius 3 is 2.43 bits per heavy atom. The van der Waals surface area contributed by atoms with E-state index in [0.29, 0.717) is 11.3 Å². The number of hydrogen-bond donors (Lipinski definition) is 1. The van der Waals surface area contributed by atoms with E-state index >= 15 is 0 Å². The molecule has 0 atom stereocenters. The zero-order valence-corrected chi connectivity index (χ0v) is 12.7. The second-order valence-electron chi connectivity index (χ2n) is 4.54. The van der Waals surface area contributed by atoms with Crippen LogP contribution in [0.5, 0.6) is 0 Å². The molecule has 0 fully saturated rings. The average molecular weight is 342 g/mol. The first-order chi connectivity index (χ1) is 10.3. The number of anilines is 1. The summed E-state index contributed by atoms with van der Waals surface area (Å²) in [5.41, 5.74) is 4.02. The highest BCUT2D eigenvalue weighted by atomic mass is 79.9. The molecular weight excluding hydrogens is 330 g/mol. The lowest BCUT2D eigenvalue weighted by Gasteiger charge is -2.06. The number of benzene rings is 2. The number of rotatable bonds is 3. The van der Waals surface area contributed by atoms with Crippen molar-refractivity contribution in [1.29, 1.82) is 0 Å². The fraction of sp³-hybridized carbons (Fsp3) is 0.0625. The highest BCUT2D eigenvalue weighted by Crippen LogP contribution is 2.16. The normalized spacial score (nSPS) is 10.5. The highest BCUT2D eigenvalue weighted by molar-refractivity contribution is 9.08. The highest BCUT2D eigenvalue weighted by Gasteiger charge is 2.06. The van der Waals surface area contributed by atoms with Gasteiger partial charge in [-0.05, 0) is 35.9 Å². The second kappa shape index (κ2) is 6.01. The Labute approximate surface area is 130 Å². The Morgan fingerprint density at radius 2 is 1.71 bits per heavy atom. The molecule has 5 heteroatoms. The number of fused-ring (bicyclic) bond motifs is 1. The van der Waals surface area contributed by atoms with Crippen LogP contribution in [-0.4, -0.2) is 15.9 Å². The number of carbonyl (C=O) groups is 1. The maximum absolute atomic E-state index is 12.2. The minimum atomic E-state index is -0.139. The molecule has 0 aliphatic heterocycles. The number of amides is 1. The smallest absolute Gasteiger partial charge is 0.255 e. The van der Waals surface area contributed by atoms with Crippen molar-refractivity contribution in [2.45, 2.75) is 5.33 Å². The molecule has 104 valence electrons. The Morgan fingerprint density at radius 1 is 1.00 bits per heavy atom. The van der Waals surface area contributed by atoms with Crippen molar-refractivity contribution in [3.63, 3.8) is 0 Å². The number of hydrogen-bond acceptors (Lipinski definition) is 3. The van der Waals surface area contributed by atoms with Gasteiger partial charge in [-0.15, -0.1) is 0 Å². The maximum atomic E-state index is 12.2. The molecular formula is C16H12BrN3O. The molecule has 0 unspecified atom stereocenters. The molecule has 1 heterocycles. The predicted molar refractivity (Wildman–Crippen MR) is 86.6 cm³/mol. The summed E-state index contributed by atoms with van der Waals surface area (Å²) in [6.45, 7) is 0. The molecule has 0 aliphatic rings. The van der Waals surface area contributed by atoms with Gasteiger partial charge < -0.3 is 5.32 Å². The number of nitrogens with one attached hydrogen (secondary N) is 1. The monoisotopic (exact) mass is 341 g/mol. The van der Waals surface area contributed by atoms with Crippen LogP contribution in [0.1, 0.15) is 15.9 Å². The molecule has 3 rings (SSSR count). The molecule has 2 aromatic carbocycles. The molecule has 1 N–H and O–H groups in total. The van der Waals surface area contributed by atoms with Crippen LogP contribution in [0, 0.1) is 0 Å². The minimum absolute atomic E-state index is 0.139. The Kier molecular flexibility index (Phi) is 3.92. The summed E-state index contributed by atoms with van der Waals surface area (Å²) in [5, 5.41) is 3.65. The van der Waals surface area contributed by atoms with E-state index in [1.165, 1.54) is 0 Å². The van der Waals surface area contributed by atoms with Gasteiger partial charge in [0.15, 0.2) is 0 Å². The summed E-state index contributed by atoms with van der Waals surface area (Å²) in [7, 11) is 0. The van der Waals surface area contributed by atoms with E-state index in [-0.39, 0.29) is 5.91 Å². The molecule has 1 aromatic heterocycles. The zero-order valence-electron chi connectivity index (χ0n) is 11.1. The van der Waals surface area contributed by atoms with Crippen molar-refractivity contribution in [1.82, 2.24) is 9.97 Å². The van der Waals surface area contributed by atoms with E-state index in [0.717, 1.165) is 21.9 Å². The molecule has 3 aromatic rings. The van der Waals surface area contributed by atoms with Gasteiger partial charge in [0.1, 0.15) is 0 Å². The summed E-state index contributed by atoms with van der Waals surface area (Å²) in [6, 6.07) is 12.9. The van der Waals surface area contributed by atoms with Gasteiger partial charge in [0, 0.05) is 29.0 Å². The first-order valence-electron chi connectivity index (χ1n) is 6.43. The molecule has 21 heavy (non-hydrogen) atoms. The topological polar surface area (TPSA) is 54.9 Å². The van der Waals surface area contributed by atoms with Crippen LogP contribution in [0.3, 0.4) is 0 Å². The van der Waals surface area contributed by atoms with Gasteiger partial charge in [0.25, 0.3) is 5.91 Å². The number of aromatic nitrogens is 2. The van der Waals surface area contributed by atoms with Gasteiger partial charge in [0.2, 0.25) is 0 Å². The molecule has 0 bridgehead atoms. The lowest BCUT2D eigenvalue weighted by atomic mass is 10.1. The van der Waals surface area contributed by atoms with Crippen molar-refractivity contribution in [2.24, 2.45) is 0 Å². The summed E-state index contributed by atoms with van der Waals surface area (Å²) in [4.78, 5) is 20.6. The van der Waals surface area contributed by atoms with Crippen LogP contribution in [-0.2, 0) is 5.33 Å². The van der Waals surface area contributed by atoms with Crippen molar-refractivity contribution < 1.29 is 4.79 Å². The summed E-state index contributed by atoms with van der Waals surface area (Å²) >= 11 is 3.38. The second-order valence-corrected chi connectivity index (χ2v) is 5.11. The molecule has 1 amide bonds. The Bertz CT molecular complexity index is 787. The lowest BCUT2D eigenvalue weighted by Crippen LogP contribution is -2.11. The van der Waals surface area contributed by atoms with Crippen molar-refractivity contribution in [3.8, 4) is 0 Å². The van der Waals surface area contributed by atoms with Gasteiger partial charge in [-0.1, -0.05) is 28.1 Å². The largest absolute Gasteiger partial charge is 0.322 e. The number of halogens is 1. The molecule has 0 saturated heterocycles. The third-order valence-corrected chi connectivity index (χ3v) is 3.75. The maximum Gasteiger partial charge on any atom is 0.255 e. The standard InChI is InChI=1S/C16H12BrN3O/c17-10-11-1-3-12(4-2-11)16(21)20-13-5-6-14-15(9-13)19-8-7-18-14/h1-9H,10H2,(H,20,21). The first-order valence-corrected chi connectivity index (χ1v) is 7.55. The first kappa shape index (κ1) is 13.7. The predicted octanol–water partition coefficient (Wildman–Crippen LogP) is 3.78. The van der Waals surface area contributed by atoms with Crippen LogP contribution in [0.2, 0.25) is 0 Å². The van der Waals surface area contributed by atoms with E-state index in [9.17, 15) is 4.79 Å². The van der Waals surface area contributed by atoms with Crippen molar-refractivity contribution >= 4 is 38.6 Å². The molecule has 0 radical (unpaired) electrons. The van der Waals surface area contributed by atoms with Gasteiger partial charge in [-0.2, -0.15) is 0 Å². The fourth-order valence-electron chi connectivity index (χ4n) is 1.99. The van der Waals surface area contributed by atoms with Gasteiger partial charge >= 0.3 is 0 Å². The van der Waals surface area contributed by atoms with Crippen LogP contribution >= 0.6 is 15.9 Å².